The Morgan fingerprint density at radius 2 is 1.08 bits per heavy atom. The van der Waals surface area contributed by atoms with Gasteiger partial charge in [0.1, 0.15) is 5.75 Å². The topological polar surface area (TPSA) is 40.5 Å². The van der Waals surface area contributed by atoms with Gasteiger partial charge in [0.05, 0.1) is 0 Å². The highest BCUT2D eigenvalue weighted by molar-refractivity contribution is 5.95. The van der Waals surface area contributed by atoms with Gasteiger partial charge in [0.15, 0.2) is 5.78 Å². The number of carbonyl (C=O) groups is 1. The summed E-state index contributed by atoms with van der Waals surface area (Å²) in [7, 11) is 0. The molecule has 0 heterocycles. The molecular formula is C35H29NO2. The number of hydrogen-bond donors (Lipinski definition) is 1. The van der Waals surface area contributed by atoms with Crippen molar-refractivity contribution < 1.29 is 9.90 Å². The summed E-state index contributed by atoms with van der Waals surface area (Å²) >= 11 is 0. The van der Waals surface area contributed by atoms with Gasteiger partial charge in [-0.15, -0.1) is 0 Å². The summed E-state index contributed by atoms with van der Waals surface area (Å²) in [5, 5.41) is 9.79. The standard InChI is InChI=1S/C35H29NO2/c1-25-8-16-31(17-9-25)36(33-20-12-28(13-21-33)26(2)37)32-18-10-27(11-19-32)24-35(29-6-4-3-5-7-29)30-14-22-34(38)23-15-30/h3-24,38H,1-2H3. The fourth-order valence-electron chi connectivity index (χ4n) is 4.46. The van der Waals surface area contributed by atoms with Gasteiger partial charge in [-0.3, -0.25) is 4.79 Å². The van der Waals surface area contributed by atoms with Crippen LogP contribution in [0.1, 0.15) is 39.5 Å². The van der Waals surface area contributed by atoms with Gasteiger partial charge in [-0.25, -0.2) is 0 Å². The van der Waals surface area contributed by atoms with Crippen LogP contribution >= 0.6 is 0 Å². The second-order valence-corrected chi connectivity index (χ2v) is 9.34. The minimum Gasteiger partial charge on any atom is -0.508 e. The van der Waals surface area contributed by atoms with E-state index in [2.05, 4.69) is 78.6 Å². The number of hydrogen-bond acceptors (Lipinski definition) is 3. The van der Waals surface area contributed by atoms with Crippen LogP contribution in [0.2, 0.25) is 0 Å². The number of aromatic hydroxyl groups is 1. The third-order valence-electron chi connectivity index (χ3n) is 6.55. The predicted molar refractivity (Wildman–Crippen MR) is 157 cm³/mol. The number of carbonyl (C=O) groups excluding carboxylic acids is 1. The molecule has 0 fully saturated rings. The van der Waals surface area contributed by atoms with Gasteiger partial charge in [-0.05, 0) is 103 Å². The van der Waals surface area contributed by atoms with Crippen molar-refractivity contribution in [2.24, 2.45) is 0 Å². The largest absolute Gasteiger partial charge is 0.508 e. The van der Waals surface area contributed by atoms with Crippen LogP contribution in [0, 0.1) is 6.92 Å². The van der Waals surface area contributed by atoms with Crippen molar-refractivity contribution in [3.8, 4) is 5.75 Å². The fourth-order valence-corrected chi connectivity index (χ4v) is 4.46. The summed E-state index contributed by atoms with van der Waals surface area (Å²) in [6.45, 7) is 3.66. The molecule has 0 aliphatic carbocycles. The number of Topliss-reactive ketones (excluding diaryl/α,β-unsaturated/α-hetero) is 1. The maximum atomic E-state index is 11.8. The van der Waals surface area contributed by atoms with E-state index in [1.807, 2.05) is 54.6 Å². The van der Waals surface area contributed by atoms with Gasteiger partial charge in [-0.2, -0.15) is 0 Å². The van der Waals surface area contributed by atoms with Crippen LogP contribution in [-0.2, 0) is 0 Å². The Morgan fingerprint density at radius 1 is 0.605 bits per heavy atom. The zero-order chi connectivity index (χ0) is 26.5. The molecule has 0 atom stereocenters. The van der Waals surface area contributed by atoms with E-state index < -0.39 is 0 Å². The van der Waals surface area contributed by atoms with Crippen LogP contribution in [0.5, 0.6) is 5.75 Å². The summed E-state index contributed by atoms with van der Waals surface area (Å²) in [4.78, 5) is 14.0. The minimum absolute atomic E-state index is 0.0532. The van der Waals surface area contributed by atoms with E-state index >= 15 is 0 Å². The lowest BCUT2D eigenvalue weighted by Gasteiger charge is -2.26. The van der Waals surface area contributed by atoms with E-state index in [1.165, 1.54) is 5.56 Å². The minimum atomic E-state index is 0.0532. The van der Waals surface area contributed by atoms with E-state index in [9.17, 15) is 9.90 Å². The van der Waals surface area contributed by atoms with Crippen molar-refractivity contribution in [2.45, 2.75) is 13.8 Å². The number of benzene rings is 5. The molecule has 0 spiro atoms. The molecule has 0 saturated carbocycles. The van der Waals surface area contributed by atoms with Crippen molar-refractivity contribution >= 4 is 34.5 Å². The number of phenols is 1. The predicted octanol–water partition coefficient (Wildman–Crippen LogP) is 8.96. The second-order valence-electron chi connectivity index (χ2n) is 9.34. The molecule has 0 aromatic heterocycles. The molecule has 5 aromatic carbocycles. The molecular weight excluding hydrogens is 466 g/mol. The molecule has 0 saturated heterocycles. The maximum absolute atomic E-state index is 11.8. The molecule has 186 valence electrons. The molecule has 0 amide bonds. The van der Waals surface area contributed by atoms with Crippen molar-refractivity contribution in [3.63, 3.8) is 0 Å². The number of phenolic OH excluding ortho intramolecular Hbond substituents is 1. The molecule has 0 unspecified atom stereocenters. The van der Waals surface area contributed by atoms with Crippen molar-refractivity contribution in [2.75, 3.05) is 4.90 Å². The lowest BCUT2D eigenvalue weighted by atomic mass is 9.95. The Hall–Kier alpha value is -4.89. The van der Waals surface area contributed by atoms with Crippen LogP contribution < -0.4 is 4.90 Å². The number of ketones is 1. The number of aryl methyl sites for hydroxylation is 1. The van der Waals surface area contributed by atoms with Crippen LogP contribution in [0.15, 0.2) is 127 Å². The zero-order valence-electron chi connectivity index (χ0n) is 21.5. The molecule has 5 aromatic rings. The zero-order valence-corrected chi connectivity index (χ0v) is 21.5. The van der Waals surface area contributed by atoms with Gasteiger partial charge in [0, 0.05) is 22.6 Å². The van der Waals surface area contributed by atoms with Crippen LogP contribution in [0.3, 0.4) is 0 Å². The summed E-state index contributed by atoms with van der Waals surface area (Å²) in [6, 6.07) is 42.2. The summed E-state index contributed by atoms with van der Waals surface area (Å²) in [5.41, 5.74) is 9.22. The number of anilines is 3. The smallest absolute Gasteiger partial charge is 0.159 e. The van der Waals surface area contributed by atoms with Crippen LogP contribution in [0.25, 0.3) is 11.6 Å². The Labute approximate surface area is 224 Å². The lowest BCUT2D eigenvalue weighted by molar-refractivity contribution is 0.101. The molecule has 0 aliphatic rings. The van der Waals surface area contributed by atoms with Crippen LogP contribution in [0.4, 0.5) is 17.1 Å². The van der Waals surface area contributed by atoms with Crippen molar-refractivity contribution in [3.05, 3.63) is 155 Å². The molecule has 38 heavy (non-hydrogen) atoms. The first kappa shape index (κ1) is 24.8. The molecule has 0 bridgehead atoms. The fraction of sp³-hybridized carbons (Fsp3) is 0.0571. The molecule has 3 nitrogen and oxygen atoms in total. The monoisotopic (exact) mass is 495 g/mol. The normalized spacial score (nSPS) is 11.3. The maximum Gasteiger partial charge on any atom is 0.159 e. The molecule has 0 aliphatic heterocycles. The molecule has 3 heteroatoms. The lowest BCUT2D eigenvalue weighted by Crippen LogP contribution is -2.10. The van der Waals surface area contributed by atoms with E-state index in [-0.39, 0.29) is 11.5 Å². The Bertz CT molecular complexity index is 1550. The molecule has 0 radical (unpaired) electrons. The molecule has 5 rings (SSSR count). The SMILES string of the molecule is CC(=O)c1ccc(N(c2ccc(C)cc2)c2ccc(C=C(c3ccccc3)c3ccc(O)cc3)cc2)cc1. The van der Waals surface area contributed by atoms with Gasteiger partial charge < -0.3 is 10.0 Å². The third-order valence-corrected chi connectivity index (χ3v) is 6.55. The van der Waals surface area contributed by atoms with E-state index in [1.54, 1.807) is 19.1 Å². The average molecular weight is 496 g/mol. The summed E-state index contributed by atoms with van der Waals surface area (Å²) in [6.07, 6.45) is 2.17. The van der Waals surface area contributed by atoms with E-state index in [0.29, 0.717) is 5.56 Å². The first-order chi connectivity index (χ1) is 18.5. The second kappa shape index (κ2) is 11.0. The van der Waals surface area contributed by atoms with Gasteiger partial charge in [0.2, 0.25) is 0 Å². The van der Waals surface area contributed by atoms with Gasteiger partial charge in [-0.1, -0.05) is 72.3 Å². The van der Waals surface area contributed by atoms with Crippen LogP contribution in [-0.4, -0.2) is 10.9 Å². The highest BCUT2D eigenvalue weighted by Crippen LogP contribution is 2.35. The Morgan fingerprint density at radius 3 is 1.63 bits per heavy atom. The first-order valence-corrected chi connectivity index (χ1v) is 12.6. The number of nitrogens with zero attached hydrogens (tertiary/aromatic N) is 1. The van der Waals surface area contributed by atoms with E-state index in [4.69, 9.17) is 0 Å². The third kappa shape index (κ3) is 5.58. The van der Waals surface area contributed by atoms with Gasteiger partial charge in [0.25, 0.3) is 0 Å². The highest BCUT2D eigenvalue weighted by atomic mass is 16.3. The molecule has 1 N–H and O–H groups in total. The van der Waals surface area contributed by atoms with Crippen molar-refractivity contribution in [1.29, 1.82) is 0 Å². The highest BCUT2D eigenvalue weighted by Gasteiger charge is 2.13. The summed E-state index contributed by atoms with van der Waals surface area (Å²) < 4.78 is 0. The first-order valence-electron chi connectivity index (χ1n) is 12.6. The van der Waals surface area contributed by atoms with E-state index in [0.717, 1.165) is 39.3 Å². The Kier molecular flexibility index (Phi) is 7.19. The number of rotatable bonds is 7. The average Bonchev–Trinajstić information content (AvgIpc) is 2.95. The quantitative estimate of drug-likeness (QED) is 0.181. The summed E-state index contributed by atoms with van der Waals surface area (Å²) in [5.74, 6) is 0.301. The van der Waals surface area contributed by atoms with Crippen molar-refractivity contribution in [1.82, 2.24) is 0 Å². The van der Waals surface area contributed by atoms with Gasteiger partial charge >= 0.3 is 0 Å². The Balaban J connectivity index is 1.55.